The number of aromatic amines is 1. The van der Waals surface area contributed by atoms with Gasteiger partial charge in [-0.2, -0.15) is 0 Å². The van der Waals surface area contributed by atoms with E-state index in [0.717, 1.165) is 6.07 Å². The Morgan fingerprint density at radius 1 is 1.60 bits per heavy atom. The maximum atomic E-state index is 12.2. The molecule has 15 heavy (non-hydrogen) atoms. The van der Waals surface area contributed by atoms with Crippen molar-refractivity contribution in [2.24, 2.45) is 0 Å². The quantitative estimate of drug-likeness (QED) is 0.787. The SMILES string of the molecule is O=C(O)c1c(CCl)cc(C(F)F)[nH]c1=O. The lowest BCUT2D eigenvalue weighted by atomic mass is 10.1. The molecule has 0 unspecified atom stereocenters. The molecule has 0 aliphatic carbocycles. The molecule has 0 saturated carbocycles. The number of pyridine rings is 1. The molecule has 1 aromatic rings. The van der Waals surface area contributed by atoms with Crippen molar-refractivity contribution in [1.82, 2.24) is 4.98 Å². The molecule has 0 bridgehead atoms. The first-order valence-electron chi connectivity index (χ1n) is 3.81. The van der Waals surface area contributed by atoms with E-state index in [1.54, 1.807) is 4.98 Å². The second-order valence-corrected chi connectivity index (χ2v) is 2.96. The second kappa shape index (κ2) is 4.39. The molecule has 0 saturated heterocycles. The standard InChI is InChI=1S/C8H6ClF2NO3/c9-2-3-1-4(6(10)11)12-7(13)5(3)8(14)15/h1,6H,2H2,(H,12,13)(H,14,15). The monoisotopic (exact) mass is 237 g/mol. The number of H-pyrrole nitrogens is 1. The van der Waals surface area contributed by atoms with Gasteiger partial charge in [0, 0.05) is 5.88 Å². The van der Waals surface area contributed by atoms with Crippen molar-refractivity contribution in [3.8, 4) is 0 Å². The number of hydrogen-bond acceptors (Lipinski definition) is 2. The zero-order chi connectivity index (χ0) is 11.6. The predicted octanol–water partition coefficient (Wildman–Crippen LogP) is 1.75. The Labute approximate surface area is 87.5 Å². The van der Waals surface area contributed by atoms with Crippen LogP contribution in [0.1, 0.15) is 28.0 Å². The molecular formula is C8H6ClF2NO3. The third-order valence-electron chi connectivity index (χ3n) is 1.73. The number of halogens is 3. The van der Waals surface area contributed by atoms with E-state index in [2.05, 4.69) is 0 Å². The number of carboxylic acids is 1. The molecule has 82 valence electrons. The van der Waals surface area contributed by atoms with Crippen LogP contribution in [0.4, 0.5) is 8.78 Å². The Bertz CT molecular complexity index is 444. The Balaban J connectivity index is 3.44. The molecule has 7 heteroatoms. The van der Waals surface area contributed by atoms with Crippen LogP contribution in [0, 0.1) is 0 Å². The maximum absolute atomic E-state index is 12.2. The first-order chi connectivity index (χ1) is 6.97. The van der Waals surface area contributed by atoms with E-state index in [1.165, 1.54) is 0 Å². The molecule has 4 nitrogen and oxygen atoms in total. The first kappa shape index (κ1) is 11.6. The lowest BCUT2D eigenvalue weighted by molar-refractivity contribution is 0.0693. The Kier molecular flexibility index (Phi) is 3.41. The van der Waals surface area contributed by atoms with E-state index in [-0.39, 0.29) is 11.4 Å². The van der Waals surface area contributed by atoms with Crippen molar-refractivity contribution < 1.29 is 18.7 Å². The van der Waals surface area contributed by atoms with Crippen molar-refractivity contribution >= 4 is 17.6 Å². The normalized spacial score (nSPS) is 10.7. The molecule has 0 aromatic carbocycles. The topological polar surface area (TPSA) is 70.2 Å². The summed E-state index contributed by atoms with van der Waals surface area (Å²) in [6.07, 6.45) is -2.87. The van der Waals surface area contributed by atoms with Crippen LogP contribution in [0.2, 0.25) is 0 Å². The van der Waals surface area contributed by atoms with Gasteiger partial charge in [0.25, 0.3) is 12.0 Å². The van der Waals surface area contributed by atoms with Gasteiger partial charge < -0.3 is 10.1 Å². The van der Waals surface area contributed by atoms with Gasteiger partial charge in [-0.05, 0) is 11.6 Å². The zero-order valence-electron chi connectivity index (χ0n) is 7.26. The van der Waals surface area contributed by atoms with Gasteiger partial charge in [0.05, 0.1) is 5.69 Å². The van der Waals surface area contributed by atoms with E-state index in [0.29, 0.717) is 0 Å². The summed E-state index contributed by atoms with van der Waals surface area (Å²) in [6, 6.07) is 0.878. The Hall–Kier alpha value is -1.43. The van der Waals surface area contributed by atoms with Crippen LogP contribution in [0.15, 0.2) is 10.9 Å². The fourth-order valence-corrected chi connectivity index (χ4v) is 1.30. The predicted molar refractivity (Wildman–Crippen MR) is 48.5 cm³/mol. The van der Waals surface area contributed by atoms with Crippen LogP contribution >= 0.6 is 11.6 Å². The minimum Gasteiger partial charge on any atom is -0.477 e. The molecule has 0 amide bonds. The van der Waals surface area contributed by atoms with E-state index in [4.69, 9.17) is 16.7 Å². The van der Waals surface area contributed by atoms with Gasteiger partial charge >= 0.3 is 5.97 Å². The van der Waals surface area contributed by atoms with Gasteiger partial charge in [0.1, 0.15) is 5.56 Å². The highest BCUT2D eigenvalue weighted by Gasteiger charge is 2.18. The van der Waals surface area contributed by atoms with Crippen LogP contribution in [-0.2, 0) is 5.88 Å². The number of aromatic nitrogens is 1. The molecule has 0 spiro atoms. The highest BCUT2D eigenvalue weighted by Crippen LogP contribution is 2.18. The fraction of sp³-hybridized carbons (Fsp3) is 0.250. The summed E-state index contributed by atoms with van der Waals surface area (Å²) < 4.78 is 24.5. The fourth-order valence-electron chi connectivity index (χ4n) is 1.09. The molecule has 1 rings (SSSR count). The van der Waals surface area contributed by atoms with Crippen molar-refractivity contribution in [3.05, 3.63) is 33.2 Å². The summed E-state index contributed by atoms with van der Waals surface area (Å²) in [5.41, 5.74) is -2.44. The van der Waals surface area contributed by atoms with Gasteiger partial charge in [-0.15, -0.1) is 11.6 Å². The summed E-state index contributed by atoms with van der Waals surface area (Å²) >= 11 is 5.36. The third-order valence-corrected chi connectivity index (χ3v) is 2.02. The van der Waals surface area contributed by atoms with Gasteiger partial charge in [0.2, 0.25) is 0 Å². The summed E-state index contributed by atoms with van der Waals surface area (Å²) in [7, 11) is 0. The largest absolute Gasteiger partial charge is 0.477 e. The number of aromatic carboxylic acids is 1. The number of nitrogens with one attached hydrogen (secondary N) is 1. The number of alkyl halides is 3. The van der Waals surface area contributed by atoms with Gasteiger partial charge in [0.15, 0.2) is 0 Å². The number of carboxylic acid groups (broad SMARTS) is 1. The summed E-state index contributed by atoms with van der Waals surface area (Å²) in [6.45, 7) is 0. The van der Waals surface area contributed by atoms with Gasteiger partial charge in [-0.1, -0.05) is 0 Å². The highest BCUT2D eigenvalue weighted by molar-refractivity contribution is 6.17. The molecule has 2 N–H and O–H groups in total. The number of rotatable bonds is 3. The number of carbonyl (C=O) groups is 1. The molecule has 0 radical (unpaired) electrons. The molecular weight excluding hydrogens is 232 g/mol. The van der Waals surface area contributed by atoms with Crippen molar-refractivity contribution in [2.75, 3.05) is 0 Å². The van der Waals surface area contributed by atoms with Crippen molar-refractivity contribution in [1.29, 1.82) is 0 Å². The van der Waals surface area contributed by atoms with E-state index in [1.807, 2.05) is 0 Å². The maximum Gasteiger partial charge on any atom is 0.341 e. The zero-order valence-corrected chi connectivity index (χ0v) is 8.02. The van der Waals surface area contributed by atoms with Crippen molar-refractivity contribution in [3.63, 3.8) is 0 Å². The Morgan fingerprint density at radius 3 is 2.60 bits per heavy atom. The van der Waals surface area contributed by atoms with E-state index >= 15 is 0 Å². The molecule has 0 aliphatic rings. The third kappa shape index (κ3) is 2.33. The van der Waals surface area contributed by atoms with Crippen LogP contribution < -0.4 is 5.56 Å². The first-order valence-corrected chi connectivity index (χ1v) is 4.34. The van der Waals surface area contributed by atoms with Crippen LogP contribution in [0.5, 0.6) is 0 Å². The highest BCUT2D eigenvalue weighted by atomic mass is 35.5. The lowest BCUT2D eigenvalue weighted by Crippen LogP contribution is -2.21. The van der Waals surface area contributed by atoms with Crippen LogP contribution in [-0.4, -0.2) is 16.1 Å². The molecule has 1 aromatic heterocycles. The summed E-state index contributed by atoms with van der Waals surface area (Å²) in [5.74, 6) is -1.81. The van der Waals surface area contributed by atoms with E-state index in [9.17, 15) is 18.4 Å². The summed E-state index contributed by atoms with van der Waals surface area (Å²) in [4.78, 5) is 23.5. The van der Waals surface area contributed by atoms with Crippen molar-refractivity contribution in [2.45, 2.75) is 12.3 Å². The average Bonchev–Trinajstić information content (AvgIpc) is 2.15. The molecule has 0 aliphatic heterocycles. The van der Waals surface area contributed by atoms with Crippen LogP contribution in [0.3, 0.4) is 0 Å². The average molecular weight is 238 g/mol. The Morgan fingerprint density at radius 2 is 2.20 bits per heavy atom. The number of hydrogen-bond donors (Lipinski definition) is 2. The molecule has 0 atom stereocenters. The van der Waals surface area contributed by atoms with E-state index < -0.39 is 29.2 Å². The lowest BCUT2D eigenvalue weighted by Gasteiger charge is -2.05. The smallest absolute Gasteiger partial charge is 0.341 e. The van der Waals surface area contributed by atoms with Gasteiger partial charge in [-0.25, -0.2) is 13.6 Å². The molecule has 1 heterocycles. The summed E-state index contributed by atoms with van der Waals surface area (Å²) in [5, 5.41) is 8.64. The second-order valence-electron chi connectivity index (χ2n) is 2.69. The molecule has 0 fully saturated rings. The van der Waals surface area contributed by atoms with Gasteiger partial charge in [-0.3, -0.25) is 4.79 Å². The van der Waals surface area contributed by atoms with Crippen LogP contribution in [0.25, 0.3) is 0 Å². The minimum atomic E-state index is -2.87. The minimum absolute atomic E-state index is 0.122.